The van der Waals surface area contributed by atoms with E-state index in [1.807, 2.05) is 4.90 Å². The molecule has 0 saturated carbocycles. The highest BCUT2D eigenvalue weighted by molar-refractivity contribution is 6.33. The van der Waals surface area contributed by atoms with Crippen LogP contribution in [0.1, 0.15) is 64.1 Å². The molecule has 2 amide bonds. The molecule has 1 aromatic heterocycles. The maximum atomic E-state index is 13.5. The Balaban J connectivity index is 1.42. The molecule has 0 aliphatic carbocycles. The third-order valence-electron chi connectivity index (χ3n) is 5.70. The molecule has 0 radical (unpaired) electrons. The lowest BCUT2D eigenvalue weighted by Crippen LogP contribution is -2.38. The summed E-state index contributed by atoms with van der Waals surface area (Å²) in [6, 6.07) is 3.80. The molecule has 0 atom stereocenters. The molecule has 2 aliphatic heterocycles. The molecule has 29 heavy (non-hydrogen) atoms. The number of hydrogen-bond acceptors (Lipinski definition) is 4. The van der Waals surface area contributed by atoms with Gasteiger partial charge in [-0.1, -0.05) is 11.6 Å². The number of rotatable bonds is 3. The molecule has 2 aliphatic rings. The van der Waals surface area contributed by atoms with Gasteiger partial charge in [0.05, 0.1) is 10.6 Å². The van der Waals surface area contributed by atoms with Gasteiger partial charge in [-0.05, 0) is 50.8 Å². The third kappa shape index (κ3) is 4.01. The van der Waals surface area contributed by atoms with Crippen LogP contribution in [0.5, 0.6) is 0 Å². The van der Waals surface area contributed by atoms with Gasteiger partial charge in [0.1, 0.15) is 11.6 Å². The topological polar surface area (TPSA) is 66.7 Å². The average Bonchev–Trinajstić information content (AvgIpc) is 3.39. The van der Waals surface area contributed by atoms with Crippen LogP contribution in [0.25, 0.3) is 0 Å². The number of carbonyl (C=O) groups excluding carboxylic acids is 2. The van der Waals surface area contributed by atoms with Gasteiger partial charge in [-0.3, -0.25) is 9.59 Å². The van der Waals surface area contributed by atoms with Gasteiger partial charge in [-0.15, -0.1) is 0 Å². The molecule has 0 unspecified atom stereocenters. The van der Waals surface area contributed by atoms with E-state index in [0.717, 1.165) is 25.9 Å². The van der Waals surface area contributed by atoms with Crippen LogP contribution in [0.3, 0.4) is 0 Å². The first-order chi connectivity index (χ1) is 13.9. The molecule has 6 nitrogen and oxygen atoms in total. The Morgan fingerprint density at radius 1 is 1.10 bits per heavy atom. The maximum Gasteiger partial charge on any atom is 0.276 e. The highest BCUT2D eigenvalue weighted by atomic mass is 35.5. The standard InChI is InChI=1S/C21H23ClFN3O3/c1-13-18(21(28)25-8-2-3-9-25)24-19(29-13)14-6-10-26(11-7-14)20(27)16-12-15(23)4-5-17(16)22/h4-5,12,14H,2-3,6-11H2,1H3. The SMILES string of the molecule is Cc1oc(C2CCN(C(=O)c3cc(F)ccc3Cl)CC2)nc1C(=O)N1CCCC1. The largest absolute Gasteiger partial charge is 0.445 e. The summed E-state index contributed by atoms with van der Waals surface area (Å²) in [5, 5.41) is 0.243. The van der Waals surface area contributed by atoms with Crippen molar-refractivity contribution >= 4 is 23.4 Å². The smallest absolute Gasteiger partial charge is 0.276 e. The second-order valence-corrected chi connectivity index (χ2v) is 8.05. The molecule has 2 fully saturated rings. The Hall–Kier alpha value is -2.41. The van der Waals surface area contributed by atoms with Crippen molar-refractivity contribution in [2.24, 2.45) is 0 Å². The zero-order chi connectivity index (χ0) is 20.5. The molecule has 0 spiro atoms. The molecule has 0 N–H and O–H groups in total. The molecule has 154 valence electrons. The van der Waals surface area contributed by atoms with Crippen molar-refractivity contribution in [3.8, 4) is 0 Å². The molecule has 1 aromatic carbocycles. The number of oxazole rings is 1. The van der Waals surface area contributed by atoms with Crippen LogP contribution in [-0.2, 0) is 0 Å². The van der Waals surface area contributed by atoms with Crippen molar-refractivity contribution < 1.29 is 18.4 Å². The van der Waals surface area contributed by atoms with Crippen molar-refractivity contribution in [1.29, 1.82) is 0 Å². The average molecular weight is 420 g/mol. The number of carbonyl (C=O) groups is 2. The minimum atomic E-state index is -0.488. The van der Waals surface area contributed by atoms with Crippen LogP contribution in [-0.4, -0.2) is 52.8 Å². The van der Waals surface area contributed by atoms with Crippen LogP contribution in [0.15, 0.2) is 22.6 Å². The van der Waals surface area contributed by atoms with Gasteiger partial charge < -0.3 is 14.2 Å². The van der Waals surface area contributed by atoms with Crippen molar-refractivity contribution in [3.63, 3.8) is 0 Å². The Labute approximate surface area is 173 Å². The second-order valence-electron chi connectivity index (χ2n) is 7.65. The van der Waals surface area contributed by atoms with E-state index in [1.165, 1.54) is 18.2 Å². The minimum absolute atomic E-state index is 0.0425. The summed E-state index contributed by atoms with van der Waals surface area (Å²) in [6.07, 6.45) is 3.38. The Kier molecular flexibility index (Phi) is 5.58. The van der Waals surface area contributed by atoms with Crippen LogP contribution in [0.2, 0.25) is 5.02 Å². The fraction of sp³-hybridized carbons (Fsp3) is 0.476. The highest BCUT2D eigenvalue weighted by Gasteiger charge is 2.31. The van der Waals surface area contributed by atoms with Crippen LogP contribution in [0, 0.1) is 12.7 Å². The van der Waals surface area contributed by atoms with E-state index in [-0.39, 0.29) is 28.3 Å². The first-order valence-corrected chi connectivity index (χ1v) is 10.3. The normalized spacial score (nSPS) is 17.8. The molecule has 0 bridgehead atoms. The fourth-order valence-electron chi connectivity index (χ4n) is 4.02. The monoisotopic (exact) mass is 419 g/mol. The summed E-state index contributed by atoms with van der Waals surface area (Å²) in [4.78, 5) is 33.3. The predicted octanol–water partition coefficient (Wildman–Crippen LogP) is 4.03. The number of piperidine rings is 1. The van der Waals surface area contributed by atoms with E-state index in [2.05, 4.69) is 4.98 Å². The number of likely N-dealkylation sites (tertiary alicyclic amines) is 2. The van der Waals surface area contributed by atoms with E-state index in [9.17, 15) is 14.0 Å². The Bertz CT molecular complexity index is 931. The van der Waals surface area contributed by atoms with Gasteiger partial charge in [-0.25, -0.2) is 9.37 Å². The molecule has 3 heterocycles. The fourth-order valence-corrected chi connectivity index (χ4v) is 4.22. The van der Waals surface area contributed by atoms with E-state index in [1.54, 1.807) is 11.8 Å². The number of hydrogen-bond donors (Lipinski definition) is 0. The summed E-state index contributed by atoms with van der Waals surface area (Å²) in [5.74, 6) is 0.312. The lowest BCUT2D eigenvalue weighted by atomic mass is 9.96. The molecular weight excluding hydrogens is 397 g/mol. The maximum absolute atomic E-state index is 13.5. The van der Waals surface area contributed by atoms with Crippen molar-refractivity contribution in [1.82, 2.24) is 14.8 Å². The zero-order valence-electron chi connectivity index (χ0n) is 16.3. The minimum Gasteiger partial charge on any atom is -0.445 e. The lowest BCUT2D eigenvalue weighted by Gasteiger charge is -2.31. The van der Waals surface area contributed by atoms with E-state index in [4.69, 9.17) is 16.0 Å². The highest BCUT2D eigenvalue weighted by Crippen LogP contribution is 2.31. The quantitative estimate of drug-likeness (QED) is 0.753. The van der Waals surface area contributed by atoms with Gasteiger partial charge in [0.25, 0.3) is 11.8 Å². The van der Waals surface area contributed by atoms with Gasteiger partial charge in [0.15, 0.2) is 11.6 Å². The Morgan fingerprint density at radius 3 is 2.45 bits per heavy atom. The molecule has 8 heteroatoms. The number of benzene rings is 1. The lowest BCUT2D eigenvalue weighted by molar-refractivity contribution is 0.0705. The second kappa shape index (κ2) is 8.14. The molecule has 2 saturated heterocycles. The summed E-state index contributed by atoms with van der Waals surface area (Å²) >= 11 is 6.06. The summed E-state index contributed by atoms with van der Waals surface area (Å²) in [7, 11) is 0. The van der Waals surface area contributed by atoms with E-state index >= 15 is 0 Å². The van der Waals surface area contributed by atoms with Crippen molar-refractivity contribution in [3.05, 3.63) is 51.9 Å². The summed E-state index contributed by atoms with van der Waals surface area (Å²) in [6.45, 7) is 4.29. The number of halogens is 2. The van der Waals surface area contributed by atoms with Crippen LogP contribution >= 0.6 is 11.6 Å². The molecular formula is C21H23ClFN3O3. The summed E-state index contributed by atoms with van der Waals surface area (Å²) < 4.78 is 19.3. The Morgan fingerprint density at radius 2 is 1.76 bits per heavy atom. The van der Waals surface area contributed by atoms with Gasteiger partial charge >= 0.3 is 0 Å². The van der Waals surface area contributed by atoms with E-state index < -0.39 is 5.82 Å². The van der Waals surface area contributed by atoms with Crippen molar-refractivity contribution in [2.75, 3.05) is 26.2 Å². The van der Waals surface area contributed by atoms with Gasteiger partial charge in [0, 0.05) is 32.1 Å². The first-order valence-electron chi connectivity index (χ1n) is 9.95. The number of nitrogens with zero attached hydrogens (tertiary/aromatic N) is 3. The molecule has 2 aromatic rings. The first kappa shape index (κ1) is 19.9. The number of aryl methyl sites for hydroxylation is 1. The van der Waals surface area contributed by atoms with Gasteiger partial charge in [0.2, 0.25) is 0 Å². The van der Waals surface area contributed by atoms with Crippen molar-refractivity contribution in [2.45, 2.75) is 38.5 Å². The summed E-state index contributed by atoms with van der Waals surface area (Å²) in [5.41, 5.74) is 0.572. The predicted molar refractivity (Wildman–Crippen MR) is 106 cm³/mol. The molecule has 4 rings (SSSR count). The van der Waals surface area contributed by atoms with E-state index in [0.29, 0.717) is 43.3 Å². The number of amides is 2. The van der Waals surface area contributed by atoms with Crippen LogP contribution < -0.4 is 0 Å². The zero-order valence-corrected chi connectivity index (χ0v) is 17.0. The third-order valence-corrected chi connectivity index (χ3v) is 6.03. The van der Waals surface area contributed by atoms with Crippen LogP contribution in [0.4, 0.5) is 4.39 Å². The number of aromatic nitrogens is 1. The van der Waals surface area contributed by atoms with Gasteiger partial charge in [-0.2, -0.15) is 0 Å².